The van der Waals surface area contributed by atoms with E-state index in [0.29, 0.717) is 19.6 Å². The van der Waals surface area contributed by atoms with Crippen LogP contribution in [0.25, 0.3) is 0 Å². The highest BCUT2D eigenvalue weighted by Gasteiger charge is 2.24. The highest BCUT2D eigenvalue weighted by Crippen LogP contribution is 2.16. The number of imidazole rings is 1. The van der Waals surface area contributed by atoms with Crippen molar-refractivity contribution < 1.29 is 4.79 Å². The normalized spacial score (nSPS) is 16.1. The lowest BCUT2D eigenvalue weighted by Gasteiger charge is -2.35. The van der Waals surface area contributed by atoms with Crippen molar-refractivity contribution in [2.45, 2.75) is 19.1 Å². The summed E-state index contributed by atoms with van der Waals surface area (Å²) < 4.78 is 1.98. The van der Waals surface area contributed by atoms with Crippen LogP contribution in [0.2, 0.25) is 0 Å². The molecule has 1 aliphatic rings. The van der Waals surface area contributed by atoms with Gasteiger partial charge in [-0.1, -0.05) is 30.3 Å². The number of aromatic nitrogens is 5. The van der Waals surface area contributed by atoms with Crippen LogP contribution in [0.1, 0.15) is 17.4 Å². The molecule has 1 saturated heterocycles. The van der Waals surface area contributed by atoms with Gasteiger partial charge in [0.15, 0.2) is 0 Å². The van der Waals surface area contributed by atoms with Crippen LogP contribution in [-0.2, 0) is 13.1 Å². The molecule has 1 fully saturated rings. The maximum Gasteiger partial charge on any atom is 0.318 e. The molecule has 3 aromatic rings. The number of piperazine rings is 1. The molecule has 2 N–H and O–H groups in total. The van der Waals surface area contributed by atoms with Gasteiger partial charge in [0.25, 0.3) is 0 Å². The van der Waals surface area contributed by atoms with Crippen molar-refractivity contribution in [3.05, 3.63) is 66.8 Å². The van der Waals surface area contributed by atoms with E-state index in [0.717, 1.165) is 31.0 Å². The Bertz CT molecular complexity index is 841. The van der Waals surface area contributed by atoms with Crippen molar-refractivity contribution in [1.82, 2.24) is 39.8 Å². The topological polar surface area (TPSA) is 95.0 Å². The number of aromatic amines is 1. The number of carbonyl (C=O) groups excluding carboxylic acids is 1. The number of rotatable bonds is 6. The Morgan fingerprint density at radius 2 is 2.00 bits per heavy atom. The fourth-order valence-electron chi connectivity index (χ4n) is 3.39. The summed E-state index contributed by atoms with van der Waals surface area (Å²) in [4.78, 5) is 25.3. The standard InChI is InChI=1S/C19H24N8O/c28-19(27-10-8-25(9-11-27)13-18-21-14-22-24-18)23-17(12-26-7-6-20-15-26)16-4-2-1-3-5-16/h1-7,14-15,17H,8-13H2,(H,23,28)(H,21,22,24)/t17-/m1/s1. The molecule has 4 rings (SSSR count). The van der Waals surface area contributed by atoms with Crippen molar-refractivity contribution in [2.24, 2.45) is 0 Å². The van der Waals surface area contributed by atoms with Crippen LogP contribution < -0.4 is 5.32 Å². The van der Waals surface area contributed by atoms with Gasteiger partial charge in [0.1, 0.15) is 12.2 Å². The summed E-state index contributed by atoms with van der Waals surface area (Å²) in [5.41, 5.74) is 1.08. The molecule has 2 aromatic heterocycles. The molecule has 3 heterocycles. The van der Waals surface area contributed by atoms with E-state index in [2.05, 4.69) is 30.4 Å². The summed E-state index contributed by atoms with van der Waals surface area (Å²) in [7, 11) is 0. The van der Waals surface area contributed by atoms with Crippen molar-refractivity contribution in [3.63, 3.8) is 0 Å². The molecule has 9 nitrogen and oxygen atoms in total. The van der Waals surface area contributed by atoms with Gasteiger partial charge in [0.05, 0.1) is 18.9 Å². The Kier molecular flexibility index (Phi) is 5.62. The summed E-state index contributed by atoms with van der Waals surface area (Å²) in [6, 6.07) is 9.89. The molecule has 1 aromatic carbocycles. The molecule has 0 saturated carbocycles. The molecule has 0 spiro atoms. The minimum Gasteiger partial charge on any atom is -0.335 e. The van der Waals surface area contributed by atoms with Crippen LogP contribution in [0.4, 0.5) is 4.79 Å². The summed E-state index contributed by atoms with van der Waals surface area (Å²) in [6.07, 6.45) is 6.94. The van der Waals surface area contributed by atoms with Crippen LogP contribution in [0.3, 0.4) is 0 Å². The van der Waals surface area contributed by atoms with Gasteiger partial charge in [-0.2, -0.15) is 5.10 Å². The third kappa shape index (κ3) is 4.55. The van der Waals surface area contributed by atoms with Crippen LogP contribution in [0, 0.1) is 0 Å². The average Bonchev–Trinajstić information content (AvgIpc) is 3.43. The first-order valence-corrected chi connectivity index (χ1v) is 9.40. The van der Waals surface area contributed by atoms with E-state index in [9.17, 15) is 4.79 Å². The van der Waals surface area contributed by atoms with Crippen molar-refractivity contribution in [3.8, 4) is 0 Å². The van der Waals surface area contributed by atoms with Gasteiger partial charge in [0.2, 0.25) is 0 Å². The van der Waals surface area contributed by atoms with E-state index in [1.165, 1.54) is 6.33 Å². The van der Waals surface area contributed by atoms with Crippen LogP contribution >= 0.6 is 0 Å². The van der Waals surface area contributed by atoms with E-state index in [1.54, 1.807) is 12.5 Å². The smallest absolute Gasteiger partial charge is 0.318 e. The molecule has 0 aliphatic carbocycles. The van der Waals surface area contributed by atoms with Gasteiger partial charge < -0.3 is 14.8 Å². The second kappa shape index (κ2) is 8.66. The maximum absolute atomic E-state index is 12.9. The van der Waals surface area contributed by atoms with E-state index >= 15 is 0 Å². The van der Waals surface area contributed by atoms with E-state index in [1.807, 2.05) is 46.0 Å². The lowest BCUT2D eigenvalue weighted by atomic mass is 10.1. The average molecular weight is 380 g/mol. The fourth-order valence-corrected chi connectivity index (χ4v) is 3.39. The summed E-state index contributed by atoms with van der Waals surface area (Å²) >= 11 is 0. The first-order valence-electron chi connectivity index (χ1n) is 9.40. The Balaban J connectivity index is 1.35. The Hall–Kier alpha value is -3.20. The number of nitrogens with one attached hydrogen (secondary N) is 2. The van der Waals surface area contributed by atoms with Crippen LogP contribution in [0.15, 0.2) is 55.4 Å². The predicted molar refractivity (Wildman–Crippen MR) is 103 cm³/mol. The zero-order valence-electron chi connectivity index (χ0n) is 15.6. The zero-order chi connectivity index (χ0) is 19.2. The summed E-state index contributed by atoms with van der Waals surface area (Å²) in [5.74, 6) is 0.849. The zero-order valence-corrected chi connectivity index (χ0v) is 15.6. The molecule has 1 aliphatic heterocycles. The highest BCUT2D eigenvalue weighted by atomic mass is 16.2. The van der Waals surface area contributed by atoms with Crippen LogP contribution in [-0.4, -0.2) is 66.7 Å². The number of amides is 2. The quantitative estimate of drug-likeness (QED) is 0.672. The first-order chi connectivity index (χ1) is 13.8. The SMILES string of the molecule is O=C(N[C@H](Cn1ccnc1)c1ccccc1)N1CCN(Cc2ncn[nH]2)CC1. The lowest BCUT2D eigenvalue weighted by molar-refractivity contribution is 0.131. The number of benzene rings is 1. The number of hydrogen-bond donors (Lipinski definition) is 2. The number of carbonyl (C=O) groups is 1. The molecule has 2 amide bonds. The molecule has 9 heteroatoms. The third-order valence-corrected chi connectivity index (χ3v) is 4.95. The number of nitrogens with zero attached hydrogens (tertiary/aromatic N) is 6. The monoisotopic (exact) mass is 380 g/mol. The maximum atomic E-state index is 12.9. The Morgan fingerprint density at radius 3 is 2.68 bits per heavy atom. The summed E-state index contributed by atoms with van der Waals surface area (Å²) in [5, 5.41) is 9.95. The fraction of sp³-hybridized carbons (Fsp3) is 0.368. The molecule has 0 bridgehead atoms. The Morgan fingerprint density at radius 1 is 1.18 bits per heavy atom. The van der Waals surface area contributed by atoms with Gasteiger partial charge in [0, 0.05) is 45.1 Å². The minimum atomic E-state index is -0.116. The second-order valence-electron chi connectivity index (χ2n) is 6.87. The molecule has 28 heavy (non-hydrogen) atoms. The van der Waals surface area contributed by atoms with E-state index in [4.69, 9.17) is 0 Å². The summed E-state index contributed by atoms with van der Waals surface area (Å²) in [6.45, 7) is 4.36. The van der Waals surface area contributed by atoms with Gasteiger partial charge in [-0.05, 0) is 5.56 Å². The van der Waals surface area contributed by atoms with E-state index in [-0.39, 0.29) is 12.1 Å². The number of urea groups is 1. The predicted octanol–water partition coefficient (Wildman–Crippen LogP) is 1.27. The van der Waals surface area contributed by atoms with Crippen molar-refractivity contribution in [2.75, 3.05) is 26.2 Å². The number of H-pyrrole nitrogens is 1. The number of hydrogen-bond acceptors (Lipinski definition) is 5. The van der Waals surface area contributed by atoms with Gasteiger partial charge in [-0.3, -0.25) is 10.00 Å². The lowest BCUT2D eigenvalue weighted by Crippen LogP contribution is -2.52. The third-order valence-electron chi connectivity index (χ3n) is 4.95. The molecular formula is C19H24N8O. The largest absolute Gasteiger partial charge is 0.335 e. The molecule has 0 unspecified atom stereocenters. The molecule has 0 radical (unpaired) electrons. The van der Waals surface area contributed by atoms with Gasteiger partial charge in [-0.25, -0.2) is 14.8 Å². The second-order valence-corrected chi connectivity index (χ2v) is 6.87. The van der Waals surface area contributed by atoms with Crippen LogP contribution in [0.5, 0.6) is 0 Å². The molecule has 1 atom stereocenters. The highest BCUT2D eigenvalue weighted by molar-refractivity contribution is 5.74. The Labute approximate surface area is 163 Å². The van der Waals surface area contributed by atoms with Crippen molar-refractivity contribution >= 4 is 6.03 Å². The van der Waals surface area contributed by atoms with Crippen molar-refractivity contribution in [1.29, 1.82) is 0 Å². The minimum absolute atomic E-state index is 0.0340. The van der Waals surface area contributed by atoms with Gasteiger partial charge >= 0.3 is 6.03 Å². The molecule has 146 valence electrons. The first kappa shape index (κ1) is 18.2. The van der Waals surface area contributed by atoms with Gasteiger partial charge in [-0.15, -0.1) is 0 Å². The van der Waals surface area contributed by atoms with E-state index < -0.39 is 0 Å². The molecular weight excluding hydrogens is 356 g/mol.